The van der Waals surface area contributed by atoms with E-state index in [4.69, 9.17) is 16.3 Å². The molecule has 10 heteroatoms. The molecule has 0 aliphatic carbocycles. The number of halogens is 1. The fourth-order valence-electron chi connectivity index (χ4n) is 5.67. The van der Waals surface area contributed by atoms with Crippen molar-refractivity contribution in [3.63, 3.8) is 0 Å². The molecule has 2 heterocycles. The molecule has 2 amide bonds. The Bertz CT molecular complexity index is 1420. The lowest BCUT2D eigenvalue weighted by molar-refractivity contribution is -0.155. The second-order valence-electron chi connectivity index (χ2n) is 11.1. The first kappa shape index (κ1) is 29.1. The van der Waals surface area contributed by atoms with Gasteiger partial charge in [-0.25, -0.2) is 13.2 Å². The van der Waals surface area contributed by atoms with Crippen LogP contribution in [-0.4, -0.2) is 73.0 Å². The maximum absolute atomic E-state index is 13.7. The van der Waals surface area contributed by atoms with Crippen molar-refractivity contribution in [2.75, 3.05) is 19.3 Å². The van der Waals surface area contributed by atoms with Crippen LogP contribution in [0, 0.1) is 6.92 Å². The van der Waals surface area contributed by atoms with Crippen molar-refractivity contribution in [2.24, 2.45) is 0 Å². The van der Waals surface area contributed by atoms with Gasteiger partial charge in [0.1, 0.15) is 5.92 Å². The largest absolute Gasteiger partial charge is 0.450 e. The highest BCUT2D eigenvalue weighted by atomic mass is 35.5. The van der Waals surface area contributed by atoms with E-state index >= 15 is 0 Å². The van der Waals surface area contributed by atoms with Crippen molar-refractivity contribution in [3.8, 4) is 11.1 Å². The lowest BCUT2D eigenvalue weighted by Crippen LogP contribution is -2.55. The number of hydrogen-bond donors (Lipinski definition) is 0. The third-order valence-electron chi connectivity index (χ3n) is 7.66. The summed E-state index contributed by atoms with van der Waals surface area (Å²) in [6, 6.07) is 9.82. The Morgan fingerprint density at radius 2 is 1.69 bits per heavy atom. The van der Waals surface area contributed by atoms with Gasteiger partial charge < -0.3 is 14.5 Å². The van der Waals surface area contributed by atoms with Crippen molar-refractivity contribution in [3.05, 3.63) is 52.5 Å². The number of carbonyl (C=O) groups is 3. The molecule has 1 spiro atoms. The SMILES string of the molecule is Cc1cc(-c2cccc(S(C)(=O)=O)c2)c(Cl)cc1C1C(=O)OC2(CCN(C(=O)N(C(C)C)C(C)C)CC2)C1=O. The first-order valence-electron chi connectivity index (χ1n) is 13.1. The van der Waals surface area contributed by atoms with Crippen LogP contribution in [-0.2, 0) is 24.2 Å². The molecule has 0 radical (unpaired) electrons. The van der Waals surface area contributed by atoms with Gasteiger partial charge in [-0.15, -0.1) is 0 Å². The topological polar surface area (TPSA) is 101 Å². The molecule has 1 unspecified atom stereocenters. The molecule has 2 aromatic rings. The Hall–Kier alpha value is -2.91. The zero-order valence-corrected chi connectivity index (χ0v) is 24.7. The number of carbonyl (C=O) groups excluding carboxylic acids is 3. The van der Waals surface area contributed by atoms with Gasteiger partial charge in [-0.3, -0.25) is 9.59 Å². The predicted molar refractivity (Wildman–Crippen MR) is 150 cm³/mol. The summed E-state index contributed by atoms with van der Waals surface area (Å²) in [5.41, 5.74) is 1.09. The second-order valence-corrected chi connectivity index (χ2v) is 13.5. The normalized spacial score (nSPS) is 19.2. The van der Waals surface area contributed by atoms with Crippen LogP contribution in [0.5, 0.6) is 0 Å². The number of Topliss-reactive ketones (excluding diaryl/α,β-unsaturated/α-hetero) is 1. The number of aryl methyl sites for hydroxylation is 1. The third-order valence-corrected chi connectivity index (χ3v) is 9.08. The van der Waals surface area contributed by atoms with Crippen LogP contribution < -0.4 is 0 Å². The van der Waals surface area contributed by atoms with E-state index in [9.17, 15) is 22.8 Å². The van der Waals surface area contributed by atoms with Gasteiger partial charge in [-0.05, 0) is 75.6 Å². The number of ether oxygens (including phenoxy) is 1. The summed E-state index contributed by atoms with van der Waals surface area (Å²) in [5.74, 6) is -2.03. The number of benzene rings is 2. The van der Waals surface area contributed by atoms with Crippen molar-refractivity contribution in [2.45, 2.75) is 76.0 Å². The number of nitrogens with zero attached hydrogens (tertiary/aromatic N) is 2. The van der Waals surface area contributed by atoms with Crippen LogP contribution in [0.3, 0.4) is 0 Å². The van der Waals surface area contributed by atoms with Crippen LogP contribution >= 0.6 is 11.6 Å². The van der Waals surface area contributed by atoms with E-state index < -0.39 is 27.3 Å². The fourth-order valence-corrected chi connectivity index (χ4v) is 6.62. The minimum absolute atomic E-state index is 0.0354. The highest BCUT2D eigenvalue weighted by Gasteiger charge is 2.57. The van der Waals surface area contributed by atoms with Crippen LogP contribution in [0.25, 0.3) is 11.1 Å². The van der Waals surface area contributed by atoms with Gasteiger partial charge in [-0.2, -0.15) is 0 Å². The van der Waals surface area contributed by atoms with Crippen molar-refractivity contribution >= 4 is 39.2 Å². The smallest absolute Gasteiger partial charge is 0.322 e. The number of hydrogen-bond acceptors (Lipinski definition) is 6. The maximum atomic E-state index is 13.7. The summed E-state index contributed by atoms with van der Waals surface area (Å²) in [4.78, 5) is 43.7. The minimum atomic E-state index is -3.41. The predicted octanol–water partition coefficient (Wildman–Crippen LogP) is 5.00. The molecule has 0 saturated carbocycles. The third kappa shape index (κ3) is 5.43. The first-order chi connectivity index (χ1) is 18.2. The van der Waals surface area contributed by atoms with Crippen molar-refractivity contribution < 1.29 is 27.5 Å². The van der Waals surface area contributed by atoms with E-state index in [0.717, 1.165) is 6.26 Å². The average molecular weight is 575 g/mol. The van der Waals surface area contributed by atoms with Crippen molar-refractivity contribution in [1.29, 1.82) is 0 Å². The van der Waals surface area contributed by atoms with E-state index in [-0.39, 0.29) is 41.6 Å². The molecule has 0 aromatic heterocycles. The second kappa shape index (κ2) is 10.6. The van der Waals surface area contributed by atoms with Gasteiger partial charge in [0, 0.05) is 54.9 Å². The Morgan fingerprint density at radius 3 is 2.26 bits per heavy atom. The molecule has 39 heavy (non-hydrogen) atoms. The number of amides is 2. The summed E-state index contributed by atoms with van der Waals surface area (Å²) >= 11 is 6.63. The number of esters is 1. The van der Waals surface area contributed by atoms with E-state index in [1.165, 1.54) is 6.07 Å². The van der Waals surface area contributed by atoms with Crippen LogP contribution in [0.4, 0.5) is 4.79 Å². The van der Waals surface area contributed by atoms with Gasteiger partial charge >= 0.3 is 12.0 Å². The zero-order chi connectivity index (χ0) is 28.9. The molecule has 0 N–H and O–H groups in total. The Morgan fingerprint density at radius 1 is 1.08 bits per heavy atom. The molecular formula is C29H35ClN2O6S. The maximum Gasteiger partial charge on any atom is 0.322 e. The van der Waals surface area contributed by atoms with Gasteiger partial charge in [0.15, 0.2) is 21.2 Å². The molecule has 2 fully saturated rings. The van der Waals surface area contributed by atoms with Gasteiger partial charge in [0.05, 0.1) is 4.90 Å². The molecule has 2 aliphatic rings. The van der Waals surface area contributed by atoms with Crippen LogP contribution in [0.15, 0.2) is 41.3 Å². The van der Waals surface area contributed by atoms with E-state index in [1.807, 2.05) is 32.6 Å². The van der Waals surface area contributed by atoms with Gasteiger partial charge in [-0.1, -0.05) is 23.7 Å². The molecule has 2 aromatic carbocycles. The molecule has 2 aliphatic heterocycles. The van der Waals surface area contributed by atoms with E-state index in [2.05, 4.69) is 0 Å². The molecule has 210 valence electrons. The number of likely N-dealkylation sites (tertiary alicyclic amines) is 1. The highest BCUT2D eigenvalue weighted by molar-refractivity contribution is 7.90. The summed E-state index contributed by atoms with van der Waals surface area (Å²) in [7, 11) is -3.41. The average Bonchev–Trinajstić information content (AvgIpc) is 3.08. The molecule has 4 rings (SSSR count). The molecular weight excluding hydrogens is 540 g/mol. The lowest BCUT2D eigenvalue weighted by atomic mass is 9.80. The fraction of sp³-hybridized carbons (Fsp3) is 0.483. The summed E-state index contributed by atoms with van der Waals surface area (Å²) in [6.45, 7) is 10.3. The van der Waals surface area contributed by atoms with Crippen molar-refractivity contribution in [1.82, 2.24) is 9.80 Å². The monoisotopic (exact) mass is 574 g/mol. The first-order valence-corrected chi connectivity index (χ1v) is 15.4. The highest BCUT2D eigenvalue weighted by Crippen LogP contribution is 2.43. The van der Waals surface area contributed by atoms with E-state index in [0.29, 0.717) is 40.4 Å². The Kier molecular flexibility index (Phi) is 7.89. The Labute approximate surface area is 235 Å². The quantitative estimate of drug-likeness (QED) is 0.368. The summed E-state index contributed by atoms with van der Waals surface area (Å²) in [5, 5.41) is 0.297. The van der Waals surface area contributed by atoms with Gasteiger partial charge in [0.2, 0.25) is 0 Å². The van der Waals surface area contributed by atoms with Gasteiger partial charge in [0.25, 0.3) is 0 Å². The summed E-state index contributed by atoms with van der Waals surface area (Å²) < 4.78 is 29.8. The summed E-state index contributed by atoms with van der Waals surface area (Å²) in [6.07, 6.45) is 1.63. The van der Waals surface area contributed by atoms with Crippen LogP contribution in [0.1, 0.15) is 57.6 Å². The van der Waals surface area contributed by atoms with E-state index in [1.54, 1.807) is 42.2 Å². The number of rotatable bonds is 5. The number of urea groups is 1. The lowest BCUT2D eigenvalue weighted by Gasteiger charge is -2.41. The number of ketones is 1. The number of piperidine rings is 1. The standard InChI is InChI=1S/C29H35ClN2O6S/c1-17(2)32(18(3)4)28(35)31-12-10-29(11-13-31)26(33)25(27(34)38-29)22-16-24(30)23(14-19(22)5)20-8-7-9-21(15-20)39(6,36)37/h7-9,14-18,25H,10-13H2,1-6H3. The molecule has 8 nitrogen and oxygen atoms in total. The molecule has 1 atom stereocenters. The van der Waals surface area contributed by atoms with Crippen LogP contribution in [0.2, 0.25) is 5.02 Å². The minimum Gasteiger partial charge on any atom is -0.450 e. The molecule has 0 bridgehead atoms. The number of sulfone groups is 1. The molecule has 2 saturated heterocycles. The Balaban J connectivity index is 1.58. The zero-order valence-electron chi connectivity index (χ0n) is 23.2.